The van der Waals surface area contributed by atoms with Crippen molar-refractivity contribution in [3.8, 4) is 11.4 Å². The summed E-state index contributed by atoms with van der Waals surface area (Å²) in [4.78, 5) is 8.58. The molecule has 1 fully saturated rings. The van der Waals surface area contributed by atoms with E-state index in [1.54, 1.807) is 16.9 Å². The third-order valence-electron chi connectivity index (χ3n) is 3.37. The van der Waals surface area contributed by atoms with Gasteiger partial charge in [0, 0.05) is 30.2 Å². The smallest absolute Gasteiger partial charge is 0.183 e. The molecule has 5 heteroatoms. The molecule has 0 aromatic carbocycles. The molecule has 0 unspecified atom stereocenters. The minimum Gasteiger partial charge on any atom is -0.264 e. The topological polar surface area (TPSA) is 43.1 Å². The SMILES string of the molecule is Fc1ccn2nc(-c3cncc(C4CC4)c3)nc2c1. The van der Waals surface area contributed by atoms with E-state index in [-0.39, 0.29) is 5.82 Å². The molecule has 0 radical (unpaired) electrons. The van der Waals surface area contributed by atoms with E-state index in [1.807, 2.05) is 6.20 Å². The van der Waals surface area contributed by atoms with E-state index in [2.05, 4.69) is 21.1 Å². The van der Waals surface area contributed by atoms with Crippen LogP contribution in [0.1, 0.15) is 24.3 Å². The van der Waals surface area contributed by atoms with E-state index in [0.717, 1.165) is 5.56 Å². The molecule has 3 aromatic rings. The Bertz CT molecular complexity index is 761. The molecule has 0 bridgehead atoms. The van der Waals surface area contributed by atoms with Crippen molar-refractivity contribution in [1.29, 1.82) is 0 Å². The zero-order chi connectivity index (χ0) is 12.8. The van der Waals surface area contributed by atoms with E-state index in [4.69, 9.17) is 0 Å². The maximum atomic E-state index is 13.1. The molecule has 0 amide bonds. The van der Waals surface area contributed by atoms with Crippen molar-refractivity contribution >= 4 is 5.65 Å². The van der Waals surface area contributed by atoms with Crippen LogP contribution in [0.5, 0.6) is 0 Å². The van der Waals surface area contributed by atoms with E-state index in [0.29, 0.717) is 17.4 Å². The van der Waals surface area contributed by atoms with Gasteiger partial charge in [0.25, 0.3) is 0 Å². The molecule has 19 heavy (non-hydrogen) atoms. The third kappa shape index (κ3) is 1.87. The summed E-state index contributed by atoms with van der Waals surface area (Å²) in [5.74, 6) is 0.916. The Balaban J connectivity index is 1.82. The summed E-state index contributed by atoms with van der Waals surface area (Å²) >= 11 is 0. The van der Waals surface area contributed by atoms with Crippen molar-refractivity contribution in [2.45, 2.75) is 18.8 Å². The van der Waals surface area contributed by atoms with Crippen LogP contribution in [-0.2, 0) is 0 Å². The van der Waals surface area contributed by atoms with Crippen molar-refractivity contribution in [2.24, 2.45) is 0 Å². The Hall–Kier alpha value is -2.30. The summed E-state index contributed by atoms with van der Waals surface area (Å²) < 4.78 is 14.7. The van der Waals surface area contributed by atoms with E-state index in [1.165, 1.54) is 30.5 Å². The largest absolute Gasteiger partial charge is 0.264 e. The highest BCUT2D eigenvalue weighted by Gasteiger charge is 2.24. The Morgan fingerprint density at radius 1 is 1.21 bits per heavy atom. The summed E-state index contributed by atoms with van der Waals surface area (Å²) in [5, 5.41) is 4.34. The van der Waals surface area contributed by atoms with Crippen LogP contribution in [0.4, 0.5) is 4.39 Å². The van der Waals surface area contributed by atoms with Gasteiger partial charge in [0.1, 0.15) is 5.82 Å². The fraction of sp³-hybridized carbons (Fsp3) is 0.214. The van der Waals surface area contributed by atoms with Crippen LogP contribution < -0.4 is 0 Å². The van der Waals surface area contributed by atoms with Crippen molar-refractivity contribution < 1.29 is 4.39 Å². The molecule has 94 valence electrons. The van der Waals surface area contributed by atoms with Crippen LogP contribution in [0, 0.1) is 5.82 Å². The minimum absolute atomic E-state index is 0.309. The number of fused-ring (bicyclic) bond motifs is 1. The molecule has 1 saturated carbocycles. The zero-order valence-corrected chi connectivity index (χ0v) is 10.1. The lowest BCUT2D eigenvalue weighted by Crippen LogP contribution is -1.89. The van der Waals surface area contributed by atoms with Gasteiger partial charge in [-0.3, -0.25) is 4.98 Å². The Morgan fingerprint density at radius 2 is 2.11 bits per heavy atom. The first-order chi connectivity index (χ1) is 9.29. The normalized spacial score (nSPS) is 15.0. The number of pyridine rings is 2. The lowest BCUT2D eigenvalue weighted by atomic mass is 10.1. The predicted molar refractivity (Wildman–Crippen MR) is 68.2 cm³/mol. The van der Waals surface area contributed by atoms with Gasteiger partial charge in [-0.1, -0.05) is 0 Å². The summed E-state index contributed by atoms with van der Waals surface area (Å²) in [5.41, 5.74) is 2.63. The van der Waals surface area contributed by atoms with Crippen LogP contribution in [0.15, 0.2) is 36.8 Å². The molecule has 0 saturated heterocycles. The lowest BCUT2D eigenvalue weighted by Gasteiger charge is -1.99. The van der Waals surface area contributed by atoms with Gasteiger partial charge in [0.2, 0.25) is 0 Å². The van der Waals surface area contributed by atoms with Crippen molar-refractivity contribution in [1.82, 2.24) is 19.6 Å². The quantitative estimate of drug-likeness (QED) is 0.706. The third-order valence-corrected chi connectivity index (χ3v) is 3.37. The fourth-order valence-corrected chi connectivity index (χ4v) is 2.20. The first-order valence-electron chi connectivity index (χ1n) is 6.27. The van der Waals surface area contributed by atoms with Crippen LogP contribution in [0.2, 0.25) is 0 Å². The first kappa shape index (κ1) is 10.6. The number of aromatic nitrogens is 4. The molecular formula is C14H11FN4. The number of hydrogen-bond acceptors (Lipinski definition) is 3. The van der Waals surface area contributed by atoms with E-state index >= 15 is 0 Å². The van der Waals surface area contributed by atoms with Crippen LogP contribution in [0.3, 0.4) is 0 Å². The lowest BCUT2D eigenvalue weighted by molar-refractivity contribution is 0.625. The number of hydrogen-bond donors (Lipinski definition) is 0. The molecule has 0 atom stereocenters. The summed E-state index contributed by atoms with van der Waals surface area (Å²) in [6, 6.07) is 4.81. The summed E-state index contributed by atoms with van der Waals surface area (Å²) in [7, 11) is 0. The van der Waals surface area contributed by atoms with Gasteiger partial charge in [-0.05, 0) is 36.5 Å². The summed E-state index contributed by atoms with van der Waals surface area (Å²) in [6.45, 7) is 0. The van der Waals surface area contributed by atoms with Crippen LogP contribution in [-0.4, -0.2) is 19.6 Å². The van der Waals surface area contributed by atoms with Crippen molar-refractivity contribution in [2.75, 3.05) is 0 Å². The molecule has 1 aliphatic carbocycles. The molecule has 0 N–H and O–H groups in total. The molecule has 3 heterocycles. The monoisotopic (exact) mass is 254 g/mol. The highest BCUT2D eigenvalue weighted by molar-refractivity contribution is 5.58. The molecule has 1 aliphatic rings. The van der Waals surface area contributed by atoms with Gasteiger partial charge < -0.3 is 0 Å². The van der Waals surface area contributed by atoms with E-state index < -0.39 is 0 Å². The molecule has 0 spiro atoms. The Labute approximate surface area is 108 Å². The number of nitrogens with zero attached hydrogens (tertiary/aromatic N) is 4. The summed E-state index contributed by atoms with van der Waals surface area (Å²) in [6.07, 6.45) is 7.68. The second-order valence-corrected chi connectivity index (χ2v) is 4.86. The maximum Gasteiger partial charge on any atom is 0.183 e. The maximum absolute atomic E-state index is 13.1. The highest BCUT2D eigenvalue weighted by Crippen LogP contribution is 2.40. The molecule has 0 aliphatic heterocycles. The van der Waals surface area contributed by atoms with Gasteiger partial charge in [0.15, 0.2) is 11.5 Å². The van der Waals surface area contributed by atoms with Gasteiger partial charge in [-0.25, -0.2) is 13.9 Å². The second kappa shape index (κ2) is 3.85. The Kier molecular flexibility index (Phi) is 2.15. The van der Waals surface area contributed by atoms with Crippen molar-refractivity contribution in [3.63, 3.8) is 0 Å². The van der Waals surface area contributed by atoms with Gasteiger partial charge in [-0.2, -0.15) is 0 Å². The molecule has 3 aromatic heterocycles. The number of halogens is 1. The molecular weight excluding hydrogens is 243 g/mol. The highest BCUT2D eigenvalue weighted by atomic mass is 19.1. The van der Waals surface area contributed by atoms with E-state index in [9.17, 15) is 4.39 Å². The second-order valence-electron chi connectivity index (χ2n) is 4.86. The zero-order valence-electron chi connectivity index (χ0n) is 10.1. The molecule has 4 rings (SSSR count). The van der Waals surface area contributed by atoms with Gasteiger partial charge >= 0.3 is 0 Å². The Morgan fingerprint density at radius 3 is 2.95 bits per heavy atom. The van der Waals surface area contributed by atoms with Crippen molar-refractivity contribution in [3.05, 3.63) is 48.2 Å². The number of rotatable bonds is 2. The first-order valence-corrected chi connectivity index (χ1v) is 6.27. The molecule has 4 nitrogen and oxygen atoms in total. The van der Waals surface area contributed by atoms with Crippen LogP contribution >= 0.6 is 0 Å². The van der Waals surface area contributed by atoms with Gasteiger partial charge in [-0.15, -0.1) is 5.10 Å². The average molecular weight is 254 g/mol. The predicted octanol–water partition coefficient (Wildman–Crippen LogP) is 2.81. The van der Waals surface area contributed by atoms with Gasteiger partial charge in [0.05, 0.1) is 0 Å². The average Bonchev–Trinajstić information content (AvgIpc) is 3.19. The van der Waals surface area contributed by atoms with Crippen LogP contribution in [0.25, 0.3) is 17.0 Å². The minimum atomic E-state index is -0.309. The fourth-order valence-electron chi connectivity index (χ4n) is 2.20. The standard InChI is InChI=1S/C14H11FN4/c15-12-3-4-19-13(6-12)17-14(18-19)11-5-10(7-16-8-11)9-1-2-9/h3-9H,1-2H2.